The van der Waals surface area contributed by atoms with Crippen LogP contribution in [0.2, 0.25) is 0 Å². The molecule has 0 aliphatic heterocycles. The molecule has 1 atom stereocenters. The van der Waals surface area contributed by atoms with E-state index in [0.717, 1.165) is 11.3 Å². The molecule has 0 spiro atoms. The summed E-state index contributed by atoms with van der Waals surface area (Å²) in [5.41, 5.74) is 7.51. The van der Waals surface area contributed by atoms with Gasteiger partial charge in [-0.2, -0.15) is 5.10 Å². The van der Waals surface area contributed by atoms with Crippen molar-refractivity contribution in [1.82, 2.24) is 0 Å². The molecule has 1 aromatic rings. The molecule has 6 nitrogen and oxygen atoms in total. The molecule has 0 aliphatic rings. The van der Waals surface area contributed by atoms with E-state index in [1.807, 2.05) is 24.3 Å². The molecule has 0 fully saturated rings. The predicted molar refractivity (Wildman–Crippen MR) is 66.7 cm³/mol. The summed E-state index contributed by atoms with van der Waals surface area (Å²) in [6.07, 6.45) is 1.85. The highest BCUT2D eigenvalue weighted by Crippen LogP contribution is 2.12. The Hall–Kier alpha value is -2.08. The van der Waals surface area contributed by atoms with Crippen molar-refractivity contribution in [3.8, 4) is 0 Å². The minimum absolute atomic E-state index is 0.0398. The molecule has 1 aromatic carbocycles. The zero-order valence-corrected chi connectivity index (χ0v) is 9.34. The highest BCUT2D eigenvalue weighted by Gasteiger charge is 2.08. The Balaban J connectivity index is 2.61. The Labute approximate surface area is 99.3 Å². The Kier molecular flexibility index (Phi) is 4.96. The molecule has 17 heavy (non-hydrogen) atoms. The van der Waals surface area contributed by atoms with E-state index in [1.54, 1.807) is 0 Å². The number of carboxylic acids is 1. The minimum atomic E-state index is -0.887. The summed E-state index contributed by atoms with van der Waals surface area (Å²) in [7, 11) is 0. The third-order valence-corrected chi connectivity index (χ3v) is 2.17. The second kappa shape index (κ2) is 6.49. The maximum absolute atomic E-state index is 10.5. The fourth-order valence-corrected chi connectivity index (χ4v) is 1.50. The van der Waals surface area contributed by atoms with E-state index in [9.17, 15) is 4.79 Å². The average molecular weight is 236 g/mol. The number of carbonyl (C=O) groups is 1. The Bertz CT molecular complexity index is 406. The van der Waals surface area contributed by atoms with Crippen molar-refractivity contribution < 1.29 is 9.90 Å². The molecular formula is C11H16N4O2. The third-order valence-electron chi connectivity index (χ3n) is 2.17. The first kappa shape index (κ1) is 13.0. The van der Waals surface area contributed by atoms with Gasteiger partial charge in [-0.3, -0.25) is 4.79 Å². The predicted octanol–water partition coefficient (Wildman–Crippen LogP) is 0.345. The van der Waals surface area contributed by atoms with Gasteiger partial charge in [0.1, 0.15) is 6.34 Å². The highest BCUT2D eigenvalue weighted by atomic mass is 16.4. The van der Waals surface area contributed by atoms with E-state index in [2.05, 4.69) is 10.4 Å². The lowest BCUT2D eigenvalue weighted by Gasteiger charge is -2.10. The number of hydrogen-bond acceptors (Lipinski definition) is 4. The SMILES string of the molecule is NN=CNc1cccc(CC(N)CC(=O)O)c1. The number of nitrogens with one attached hydrogen (secondary N) is 1. The summed E-state index contributed by atoms with van der Waals surface area (Å²) in [5.74, 6) is 4.08. The van der Waals surface area contributed by atoms with Gasteiger partial charge < -0.3 is 22.0 Å². The zero-order valence-electron chi connectivity index (χ0n) is 9.34. The van der Waals surface area contributed by atoms with Crippen LogP contribution in [0.5, 0.6) is 0 Å². The van der Waals surface area contributed by atoms with E-state index < -0.39 is 5.97 Å². The molecule has 6 N–H and O–H groups in total. The first-order valence-corrected chi connectivity index (χ1v) is 5.16. The van der Waals surface area contributed by atoms with Gasteiger partial charge in [0.2, 0.25) is 0 Å². The Morgan fingerprint density at radius 2 is 2.35 bits per heavy atom. The number of benzene rings is 1. The molecule has 0 heterocycles. The van der Waals surface area contributed by atoms with Gasteiger partial charge in [-0.1, -0.05) is 12.1 Å². The molecule has 0 aromatic heterocycles. The van der Waals surface area contributed by atoms with Gasteiger partial charge in [-0.05, 0) is 24.1 Å². The van der Waals surface area contributed by atoms with Gasteiger partial charge in [0.05, 0.1) is 6.42 Å². The molecule has 0 radical (unpaired) electrons. The van der Waals surface area contributed by atoms with Crippen molar-refractivity contribution in [2.24, 2.45) is 16.7 Å². The summed E-state index contributed by atoms with van der Waals surface area (Å²) >= 11 is 0. The van der Waals surface area contributed by atoms with E-state index >= 15 is 0 Å². The highest BCUT2D eigenvalue weighted by molar-refractivity contribution is 5.75. The van der Waals surface area contributed by atoms with Gasteiger partial charge in [-0.15, -0.1) is 0 Å². The van der Waals surface area contributed by atoms with Crippen LogP contribution in [0.4, 0.5) is 5.69 Å². The molecule has 6 heteroatoms. The van der Waals surface area contributed by atoms with Crippen LogP contribution in [0.15, 0.2) is 29.4 Å². The molecular weight excluding hydrogens is 220 g/mol. The van der Waals surface area contributed by atoms with Crippen molar-refractivity contribution in [3.05, 3.63) is 29.8 Å². The standard InChI is InChI=1S/C11H16N4O2/c12-9(6-11(16)17)4-8-2-1-3-10(5-8)14-7-15-13/h1-3,5,7,9H,4,6,12-13H2,(H,14,15)(H,16,17). The number of hydrazone groups is 1. The maximum atomic E-state index is 10.5. The first-order chi connectivity index (χ1) is 8.11. The second-order valence-corrected chi connectivity index (χ2v) is 3.68. The summed E-state index contributed by atoms with van der Waals surface area (Å²) in [5, 5.41) is 14.8. The van der Waals surface area contributed by atoms with Gasteiger partial charge in [-0.25, -0.2) is 0 Å². The number of rotatable bonds is 6. The van der Waals surface area contributed by atoms with E-state index in [1.165, 1.54) is 6.34 Å². The fraction of sp³-hybridized carbons (Fsp3) is 0.273. The number of aliphatic carboxylic acids is 1. The zero-order chi connectivity index (χ0) is 12.7. The molecule has 0 saturated heterocycles. The lowest BCUT2D eigenvalue weighted by molar-refractivity contribution is -0.137. The molecule has 1 unspecified atom stereocenters. The number of anilines is 1. The van der Waals surface area contributed by atoms with E-state index in [-0.39, 0.29) is 12.5 Å². The van der Waals surface area contributed by atoms with Gasteiger partial charge >= 0.3 is 5.97 Å². The summed E-state index contributed by atoms with van der Waals surface area (Å²) in [6, 6.07) is 7.10. The van der Waals surface area contributed by atoms with Crippen molar-refractivity contribution in [2.75, 3.05) is 5.32 Å². The van der Waals surface area contributed by atoms with Crippen LogP contribution in [-0.4, -0.2) is 23.5 Å². The quantitative estimate of drug-likeness (QED) is 0.246. The first-order valence-electron chi connectivity index (χ1n) is 5.16. The van der Waals surface area contributed by atoms with Crippen LogP contribution < -0.4 is 16.9 Å². The smallest absolute Gasteiger partial charge is 0.304 e. The van der Waals surface area contributed by atoms with Crippen molar-refractivity contribution in [2.45, 2.75) is 18.9 Å². The lowest BCUT2D eigenvalue weighted by atomic mass is 10.0. The normalized spacial score (nSPS) is 12.5. The topological polar surface area (TPSA) is 114 Å². The van der Waals surface area contributed by atoms with Crippen molar-refractivity contribution >= 4 is 18.0 Å². The van der Waals surface area contributed by atoms with Gasteiger partial charge in [0.25, 0.3) is 0 Å². The summed E-state index contributed by atoms with van der Waals surface area (Å²) in [6.45, 7) is 0. The Morgan fingerprint density at radius 1 is 1.59 bits per heavy atom. The molecule has 0 amide bonds. The fourth-order valence-electron chi connectivity index (χ4n) is 1.50. The van der Waals surface area contributed by atoms with Crippen LogP contribution in [0.3, 0.4) is 0 Å². The van der Waals surface area contributed by atoms with Crippen molar-refractivity contribution in [3.63, 3.8) is 0 Å². The largest absolute Gasteiger partial charge is 0.481 e. The Morgan fingerprint density at radius 3 is 3.00 bits per heavy atom. The average Bonchev–Trinajstić information content (AvgIpc) is 2.25. The third kappa shape index (κ3) is 4.98. The monoisotopic (exact) mass is 236 g/mol. The second-order valence-electron chi connectivity index (χ2n) is 3.68. The number of nitrogens with zero attached hydrogens (tertiary/aromatic N) is 1. The van der Waals surface area contributed by atoms with Gasteiger partial charge in [0, 0.05) is 11.7 Å². The molecule has 0 bridgehead atoms. The van der Waals surface area contributed by atoms with Crippen LogP contribution in [0.25, 0.3) is 0 Å². The molecule has 1 rings (SSSR count). The number of carboxylic acid groups (broad SMARTS) is 1. The maximum Gasteiger partial charge on any atom is 0.304 e. The van der Waals surface area contributed by atoms with E-state index in [4.69, 9.17) is 16.7 Å². The van der Waals surface area contributed by atoms with Crippen LogP contribution in [0, 0.1) is 0 Å². The summed E-state index contributed by atoms with van der Waals surface area (Å²) < 4.78 is 0. The minimum Gasteiger partial charge on any atom is -0.481 e. The molecule has 0 aliphatic carbocycles. The van der Waals surface area contributed by atoms with Gasteiger partial charge in [0.15, 0.2) is 0 Å². The molecule has 92 valence electrons. The summed E-state index contributed by atoms with van der Waals surface area (Å²) in [4.78, 5) is 10.5. The van der Waals surface area contributed by atoms with E-state index in [0.29, 0.717) is 6.42 Å². The number of nitrogens with two attached hydrogens (primary N) is 2. The lowest BCUT2D eigenvalue weighted by Crippen LogP contribution is -2.26. The molecule has 0 saturated carbocycles. The number of hydrogen-bond donors (Lipinski definition) is 4. The van der Waals surface area contributed by atoms with Crippen LogP contribution in [0.1, 0.15) is 12.0 Å². The van der Waals surface area contributed by atoms with Crippen LogP contribution >= 0.6 is 0 Å². The van der Waals surface area contributed by atoms with Crippen molar-refractivity contribution in [1.29, 1.82) is 0 Å². The van der Waals surface area contributed by atoms with Crippen LogP contribution in [-0.2, 0) is 11.2 Å².